The number of hydrogen-bond donors (Lipinski definition) is 0. The molecule has 0 radical (unpaired) electrons. The number of nitrogens with zero attached hydrogens (tertiary/aromatic N) is 2. The van der Waals surface area contributed by atoms with Crippen molar-refractivity contribution >= 4 is 5.78 Å². The Bertz CT molecular complexity index is 1010. The van der Waals surface area contributed by atoms with E-state index in [9.17, 15) is 22.4 Å². The SMILES string of the molecule is O=C(CCC[n+]1ccc(-c2cc(C(F)(F)F)on2)cc1)c1ccc(F)cc1.[O-][Cl+3]([O-])([O-])[O-]. The first-order chi connectivity index (χ1) is 14.8. The van der Waals surface area contributed by atoms with Gasteiger partial charge in [-0.25, -0.2) is 27.6 Å². The van der Waals surface area contributed by atoms with Crippen LogP contribution in [0.1, 0.15) is 29.0 Å². The maximum Gasteiger partial charge on any atom is 0.452 e. The highest BCUT2D eigenvalue weighted by Gasteiger charge is 2.36. The molecule has 13 heteroatoms. The zero-order valence-electron chi connectivity index (χ0n) is 16.1. The number of carbonyl (C=O) groups excluding carboxylic acids is 1. The molecule has 8 nitrogen and oxygen atoms in total. The van der Waals surface area contributed by atoms with Crippen molar-refractivity contribution in [1.82, 2.24) is 5.16 Å². The van der Waals surface area contributed by atoms with Gasteiger partial charge in [0.1, 0.15) is 18.1 Å². The summed E-state index contributed by atoms with van der Waals surface area (Å²) in [7, 11) is -4.94. The number of ketones is 1. The summed E-state index contributed by atoms with van der Waals surface area (Å²) >= 11 is 0. The summed E-state index contributed by atoms with van der Waals surface area (Å²) < 4.78 is 90.6. The summed E-state index contributed by atoms with van der Waals surface area (Å²) in [6.07, 6.45) is -0.308. The number of aromatic nitrogens is 2. The number of aryl methyl sites for hydroxylation is 1. The molecule has 0 saturated heterocycles. The van der Waals surface area contributed by atoms with E-state index < -0.39 is 28.0 Å². The van der Waals surface area contributed by atoms with E-state index in [1.807, 2.05) is 4.57 Å². The molecule has 172 valence electrons. The topological polar surface area (TPSA) is 139 Å². The second-order valence-corrected chi connectivity index (χ2v) is 7.07. The molecule has 0 atom stereocenters. The van der Waals surface area contributed by atoms with Crippen molar-refractivity contribution < 1.29 is 60.3 Å². The van der Waals surface area contributed by atoms with E-state index in [0.717, 1.165) is 6.07 Å². The van der Waals surface area contributed by atoms with Crippen LogP contribution in [0.15, 0.2) is 59.4 Å². The molecule has 0 bridgehead atoms. The van der Waals surface area contributed by atoms with Gasteiger partial charge < -0.3 is 4.52 Å². The van der Waals surface area contributed by atoms with E-state index in [0.29, 0.717) is 30.5 Å². The lowest BCUT2D eigenvalue weighted by Gasteiger charge is -2.17. The highest BCUT2D eigenvalue weighted by molar-refractivity contribution is 5.95. The standard InChI is InChI=1S/C19H15F4N2O2.ClHO4/c20-15-5-3-14(4-6-15)17(26)2-1-9-25-10-7-13(8-11-25)16-12-18(27-24-16)19(21,22)23;2-1(3,4)5/h3-8,10-12H,1-2,9H2;(H,2,3,4,5)/q+1;/p-1. The van der Waals surface area contributed by atoms with Crippen molar-refractivity contribution in [2.45, 2.75) is 25.6 Å². The fourth-order valence-electron chi connectivity index (χ4n) is 2.52. The summed E-state index contributed by atoms with van der Waals surface area (Å²) in [5.74, 6) is -1.61. The molecule has 0 saturated carbocycles. The number of benzene rings is 1. The first-order valence-electron chi connectivity index (χ1n) is 8.77. The summed E-state index contributed by atoms with van der Waals surface area (Å²) in [4.78, 5) is 12.0. The summed E-state index contributed by atoms with van der Waals surface area (Å²) in [5.41, 5.74) is 1.05. The Morgan fingerprint density at radius 2 is 1.59 bits per heavy atom. The first kappa shape index (κ1) is 25.4. The second kappa shape index (κ2) is 10.6. The van der Waals surface area contributed by atoms with Crippen LogP contribution in [-0.2, 0) is 12.7 Å². The molecule has 3 aromatic rings. The van der Waals surface area contributed by atoms with Gasteiger partial charge >= 0.3 is 6.18 Å². The Labute approximate surface area is 180 Å². The number of rotatable bonds is 6. The molecular weight excluding hydrogens is 464 g/mol. The third-order valence-electron chi connectivity index (χ3n) is 3.96. The maximum atomic E-state index is 12.9. The Morgan fingerprint density at radius 3 is 2.09 bits per heavy atom. The minimum atomic E-state index is -4.94. The Morgan fingerprint density at radius 1 is 1.03 bits per heavy atom. The summed E-state index contributed by atoms with van der Waals surface area (Å²) in [6, 6.07) is 9.49. The molecular formula is C19H15ClF4N2O6. The molecule has 1 aromatic carbocycles. The molecule has 0 unspecified atom stereocenters. The first-order valence-corrected chi connectivity index (χ1v) is 10.0. The van der Waals surface area contributed by atoms with Gasteiger partial charge in [-0.3, -0.25) is 4.79 Å². The number of alkyl halides is 3. The molecule has 32 heavy (non-hydrogen) atoms. The van der Waals surface area contributed by atoms with Gasteiger partial charge in [0.05, 0.1) is 0 Å². The largest absolute Gasteiger partial charge is 0.452 e. The molecule has 0 amide bonds. The predicted molar refractivity (Wildman–Crippen MR) is 87.1 cm³/mol. The van der Waals surface area contributed by atoms with E-state index in [1.54, 1.807) is 24.5 Å². The third kappa shape index (κ3) is 8.69. The van der Waals surface area contributed by atoms with Crippen molar-refractivity contribution in [3.05, 3.63) is 72.0 Å². The van der Waals surface area contributed by atoms with Gasteiger partial charge in [-0.2, -0.15) is 13.2 Å². The van der Waals surface area contributed by atoms with Crippen LogP contribution in [-0.4, -0.2) is 10.9 Å². The van der Waals surface area contributed by atoms with E-state index in [1.165, 1.54) is 24.3 Å². The second-order valence-electron chi connectivity index (χ2n) is 6.31. The van der Waals surface area contributed by atoms with E-state index in [2.05, 4.69) is 9.68 Å². The number of halogens is 5. The highest BCUT2D eigenvalue weighted by Crippen LogP contribution is 2.31. The molecule has 0 aliphatic carbocycles. The minimum absolute atomic E-state index is 0.0745. The van der Waals surface area contributed by atoms with E-state index >= 15 is 0 Å². The van der Waals surface area contributed by atoms with Crippen LogP contribution in [0.5, 0.6) is 0 Å². The maximum absolute atomic E-state index is 12.9. The molecule has 2 heterocycles. The van der Waals surface area contributed by atoms with E-state index in [4.69, 9.17) is 18.6 Å². The van der Waals surface area contributed by atoms with Gasteiger partial charge in [0, 0.05) is 42.2 Å². The molecule has 3 rings (SSSR count). The molecule has 0 aliphatic heterocycles. The zero-order chi connectivity index (χ0) is 23.9. The Balaban J connectivity index is 0.000000654. The van der Waals surface area contributed by atoms with Crippen LogP contribution >= 0.6 is 0 Å². The van der Waals surface area contributed by atoms with Crippen LogP contribution in [0.25, 0.3) is 11.3 Å². The summed E-state index contributed by atoms with van der Waals surface area (Å²) in [6.45, 7) is 0.555. The molecule has 2 aromatic heterocycles. The van der Waals surface area contributed by atoms with Gasteiger partial charge in [0.2, 0.25) is 5.76 Å². The van der Waals surface area contributed by atoms with Gasteiger partial charge in [-0.15, -0.1) is 10.2 Å². The van der Waals surface area contributed by atoms with Crippen LogP contribution in [0.4, 0.5) is 17.6 Å². The average Bonchev–Trinajstić information content (AvgIpc) is 3.18. The molecule has 0 aliphatic rings. The number of Topliss-reactive ketones (excluding diaryl/α,β-unsaturated/α-hetero) is 1. The smallest absolute Gasteiger partial charge is 0.351 e. The molecule has 0 spiro atoms. The number of hydrogen-bond acceptors (Lipinski definition) is 7. The quantitative estimate of drug-likeness (QED) is 0.269. The molecule has 0 N–H and O–H groups in total. The average molecular weight is 479 g/mol. The fraction of sp³-hybridized carbons (Fsp3) is 0.211. The number of carbonyl (C=O) groups is 1. The van der Waals surface area contributed by atoms with Gasteiger partial charge in [0.15, 0.2) is 18.2 Å². The summed E-state index contributed by atoms with van der Waals surface area (Å²) in [5, 5.41) is 3.43. The van der Waals surface area contributed by atoms with Gasteiger partial charge in [0.25, 0.3) is 0 Å². The lowest BCUT2D eigenvalue weighted by atomic mass is 10.1. The van der Waals surface area contributed by atoms with E-state index in [-0.39, 0.29) is 11.5 Å². The third-order valence-corrected chi connectivity index (χ3v) is 3.96. The highest BCUT2D eigenvalue weighted by atomic mass is 35.7. The lowest BCUT2D eigenvalue weighted by Crippen LogP contribution is -2.68. The van der Waals surface area contributed by atoms with Crippen molar-refractivity contribution in [2.24, 2.45) is 0 Å². The zero-order valence-corrected chi connectivity index (χ0v) is 16.8. The Hall–Kier alpha value is -2.90. The Kier molecular flexibility index (Phi) is 8.41. The van der Waals surface area contributed by atoms with Crippen LogP contribution in [0.3, 0.4) is 0 Å². The minimum Gasteiger partial charge on any atom is -0.351 e. The monoisotopic (exact) mass is 478 g/mol. The normalized spacial score (nSPS) is 11.6. The molecule has 0 fully saturated rings. The van der Waals surface area contributed by atoms with Crippen LogP contribution in [0.2, 0.25) is 0 Å². The van der Waals surface area contributed by atoms with Crippen molar-refractivity contribution in [3.8, 4) is 11.3 Å². The van der Waals surface area contributed by atoms with Crippen LogP contribution < -0.4 is 23.2 Å². The van der Waals surface area contributed by atoms with Crippen molar-refractivity contribution in [2.75, 3.05) is 0 Å². The predicted octanol–water partition coefficient (Wildman–Crippen LogP) is -0.306. The van der Waals surface area contributed by atoms with Crippen LogP contribution in [0, 0.1) is 16.1 Å². The van der Waals surface area contributed by atoms with Gasteiger partial charge in [-0.1, -0.05) is 5.16 Å². The fourth-order valence-corrected chi connectivity index (χ4v) is 2.52. The van der Waals surface area contributed by atoms with Crippen molar-refractivity contribution in [3.63, 3.8) is 0 Å². The number of pyridine rings is 1. The van der Waals surface area contributed by atoms with Gasteiger partial charge in [-0.05, 0) is 24.3 Å². The lowest BCUT2D eigenvalue weighted by molar-refractivity contribution is -2.00. The van der Waals surface area contributed by atoms with Crippen molar-refractivity contribution in [1.29, 1.82) is 0 Å².